The first-order valence-electron chi connectivity index (χ1n) is 7.71. The molecule has 0 radical (unpaired) electrons. The lowest BCUT2D eigenvalue weighted by atomic mass is 10.1. The second kappa shape index (κ2) is 8.70. The van der Waals surface area contributed by atoms with E-state index in [0.717, 1.165) is 22.8 Å². The van der Waals surface area contributed by atoms with Gasteiger partial charge in [0.05, 0.1) is 12.1 Å². The normalized spacial score (nSPS) is 11.5. The number of hydrogen-bond acceptors (Lipinski definition) is 5. The Morgan fingerprint density at radius 3 is 2.71 bits per heavy atom. The fourth-order valence-electron chi connectivity index (χ4n) is 2.24. The molecule has 5 nitrogen and oxygen atoms in total. The Labute approximate surface area is 147 Å². The predicted octanol–water partition coefficient (Wildman–Crippen LogP) is 3.89. The van der Waals surface area contributed by atoms with Crippen LogP contribution in [0.1, 0.15) is 22.4 Å². The van der Waals surface area contributed by atoms with Crippen LogP contribution in [0.4, 0.5) is 0 Å². The summed E-state index contributed by atoms with van der Waals surface area (Å²) in [6, 6.07) is 9.70. The minimum Gasteiger partial charge on any atom is -0.438 e. The molecule has 2 rings (SSSR count). The van der Waals surface area contributed by atoms with Gasteiger partial charge in [0.15, 0.2) is 5.84 Å². The van der Waals surface area contributed by atoms with Crippen LogP contribution in [0, 0.1) is 20.8 Å². The average Bonchev–Trinajstić information content (AvgIpc) is 2.55. The Hall–Kier alpha value is -2.05. The van der Waals surface area contributed by atoms with Crippen LogP contribution in [0.5, 0.6) is 11.6 Å². The van der Waals surface area contributed by atoms with Crippen LogP contribution < -0.4 is 10.2 Å². The highest BCUT2D eigenvalue weighted by Crippen LogP contribution is 2.27. The maximum absolute atomic E-state index is 9.46. The number of ether oxygens (including phenoxy) is 1. The summed E-state index contributed by atoms with van der Waals surface area (Å²) in [5.41, 5.74) is 5.83. The van der Waals surface area contributed by atoms with E-state index in [1.54, 1.807) is 11.8 Å². The van der Waals surface area contributed by atoms with Crippen LogP contribution in [-0.4, -0.2) is 34.6 Å². The molecule has 6 heteroatoms. The number of benzene rings is 1. The third kappa shape index (κ3) is 4.72. The summed E-state index contributed by atoms with van der Waals surface area (Å²) in [6.07, 6.45) is 2.02. The van der Waals surface area contributed by atoms with E-state index in [1.807, 2.05) is 51.3 Å². The SMILES string of the molecule is CSCCN=C(NO)c1ccc(C)nc1Oc1ccc(C)cc1C. The molecule has 0 saturated carbocycles. The standard InChI is InChI=1S/C18H23N3O2S/c1-12-5-8-16(13(2)11-12)23-18-15(7-6-14(3)20-18)17(21-22)19-9-10-24-4/h5-8,11,22H,9-10H2,1-4H3,(H,19,21). The van der Waals surface area contributed by atoms with Gasteiger partial charge in [-0.15, -0.1) is 0 Å². The van der Waals surface area contributed by atoms with Crippen molar-refractivity contribution in [3.05, 3.63) is 52.7 Å². The van der Waals surface area contributed by atoms with Crippen LogP contribution in [0.3, 0.4) is 0 Å². The van der Waals surface area contributed by atoms with Gasteiger partial charge in [-0.2, -0.15) is 11.8 Å². The lowest BCUT2D eigenvalue weighted by molar-refractivity contribution is 0.234. The van der Waals surface area contributed by atoms with Crippen LogP contribution in [0.25, 0.3) is 0 Å². The quantitative estimate of drug-likeness (QED) is 0.360. The number of rotatable bonds is 6. The topological polar surface area (TPSA) is 66.7 Å². The predicted molar refractivity (Wildman–Crippen MR) is 99.7 cm³/mol. The molecule has 0 aliphatic heterocycles. The number of amidine groups is 1. The van der Waals surface area contributed by atoms with E-state index in [-0.39, 0.29) is 0 Å². The first-order valence-corrected chi connectivity index (χ1v) is 9.11. The van der Waals surface area contributed by atoms with Crippen molar-refractivity contribution in [1.29, 1.82) is 0 Å². The van der Waals surface area contributed by atoms with Crippen molar-refractivity contribution >= 4 is 17.6 Å². The molecule has 0 aliphatic rings. The first kappa shape index (κ1) is 18.3. The van der Waals surface area contributed by atoms with Gasteiger partial charge in [-0.25, -0.2) is 4.98 Å². The first-order chi connectivity index (χ1) is 11.5. The van der Waals surface area contributed by atoms with Gasteiger partial charge >= 0.3 is 0 Å². The van der Waals surface area contributed by atoms with Crippen LogP contribution >= 0.6 is 11.8 Å². The molecule has 0 saturated heterocycles. The third-order valence-corrected chi connectivity index (χ3v) is 4.05. The molecular weight excluding hydrogens is 322 g/mol. The molecule has 128 valence electrons. The van der Waals surface area contributed by atoms with Crippen molar-refractivity contribution in [2.75, 3.05) is 18.6 Å². The minimum absolute atomic E-state index is 0.358. The molecule has 0 aliphatic carbocycles. The van der Waals surface area contributed by atoms with Gasteiger partial charge in [0.25, 0.3) is 0 Å². The number of aryl methyl sites for hydroxylation is 3. The van der Waals surface area contributed by atoms with E-state index in [0.29, 0.717) is 23.8 Å². The molecule has 0 fully saturated rings. The Bertz CT molecular complexity index is 732. The lowest BCUT2D eigenvalue weighted by Gasteiger charge is -2.14. The van der Waals surface area contributed by atoms with Crippen molar-refractivity contribution in [2.45, 2.75) is 20.8 Å². The second-order valence-corrected chi connectivity index (χ2v) is 6.50. The summed E-state index contributed by atoms with van der Waals surface area (Å²) in [4.78, 5) is 8.86. The Morgan fingerprint density at radius 1 is 1.25 bits per heavy atom. The summed E-state index contributed by atoms with van der Waals surface area (Å²) < 4.78 is 6.02. The molecule has 0 spiro atoms. The summed E-state index contributed by atoms with van der Waals surface area (Å²) in [5.74, 6) is 2.39. The van der Waals surface area contributed by atoms with E-state index < -0.39 is 0 Å². The number of nitrogens with zero attached hydrogens (tertiary/aromatic N) is 2. The smallest absolute Gasteiger partial charge is 0.230 e. The molecule has 1 aromatic heterocycles. The monoisotopic (exact) mass is 345 g/mol. The fraction of sp³-hybridized carbons (Fsp3) is 0.333. The molecule has 0 unspecified atom stereocenters. The van der Waals surface area contributed by atoms with Crippen LogP contribution in [-0.2, 0) is 0 Å². The summed E-state index contributed by atoms with van der Waals surface area (Å²) in [6.45, 7) is 6.53. The van der Waals surface area contributed by atoms with E-state index in [1.165, 1.54) is 5.56 Å². The van der Waals surface area contributed by atoms with Gasteiger partial charge in [-0.3, -0.25) is 15.7 Å². The van der Waals surface area contributed by atoms with Gasteiger partial charge in [-0.05, 0) is 50.8 Å². The molecule has 1 aromatic carbocycles. The lowest BCUT2D eigenvalue weighted by Crippen LogP contribution is -2.22. The van der Waals surface area contributed by atoms with Crippen molar-refractivity contribution in [3.63, 3.8) is 0 Å². The molecule has 24 heavy (non-hydrogen) atoms. The third-order valence-electron chi connectivity index (χ3n) is 3.46. The summed E-state index contributed by atoms with van der Waals surface area (Å²) >= 11 is 1.70. The van der Waals surface area contributed by atoms with Gasteiger partial charge in [0.2, 0.25) is 5.88 Å². The van der Waals surface area contributed by atoms with Gasteiger partial charge in [0.1, 0.15) is 5.75 Å². The number of aromatic nitrogens is 1. The second-order valence-electron chi connectivity index (χ2n) is 5.51. The highest BCUT2D eigenvalue weighted by atomic mass is 32.2. The van der Waals surface area contributed by atoms with Crippen LogP contribution in [0.15, 0.2) is 35.3 Å². The van der Waals surface area contributed by atoms with Crippen molar-refractivity contribution in [2.24, 2.45) is 4.99 Å². The Balaban J connectivity index is 2.38. The number of thioether (sulfide) groups is 1. The van der Waals surface area contributed by atoms with Crippen molar-refractivity contribution < 1.29 is 9.94 Å². The zero-order chi connectivity index (χ0) is 17.5. The number of hydroxylamine groups is 1. The van der Waals surface area contributed by atoms with E-state index in [2.05, 4.69) is 21.5 Å². The number of hydrogen-bond donors (Lipinski definition) is 2. The van der Waals surface area contributed by atoms with E-state index in [4.69, 9.17) is 4.74 Å². The Morgan fingerprint density at radius 2 is 2.04 bits per heavy atom. The molecule has 1 heterocycles. The summed E-state index contributed by atoms with van der Waals surface area (Å²) in [7, 11) is 0. The van der Waals surface area contributed by atoms with Gasteiger partial charge < -0.3 is 4.74 Å². The molecule has 0 amide bonds. The molecule has 2 N–H and O–H groups in total. The average molecular weight is 345 g/mol. The highest BCUT2D eigenvalue weighted by Gasteiger charge is 2.14. The maximum Gasteiger partial charge on any atom is 0.230 e. The highest BCUT2D eigenvalue weighted by molar-refractivity contribution is 7.98. The molecular formula is C18H23N3O2S. The molecule has 0 bridgehead atoms. The maximum atomic E-state index is 9.46. The number of pyridine rings is 1. The number of nitrogens with one attached hydrogen (secondary N) is 1. The largest absolute Gasteiger partial charge is 0.438 e. The van der Waals surface area contributed by atoms with Crippen molar-refractivity contribution in [1.82, 2.24) is 10.5 Å². The molecule has 0 atom stereocenters. The zero-order valence-corrected chi connectivity index (χ0v) is 15.3. The Kier molecular flexibility index (Phi) is 6.63. The summed E-state index contributed by atoms with van der Waals surface area (Å²) in [5, 5.41) is 9.46. The van der Waals surface area contributed by atoms with E-state index in [9.17, 15) is 5.21 Å². The molecule has 2 aromatic rings. The van der Waals surface area contributed by atoms with Gasteiger partial charge in [-0.1, -0.05) is 17.7 Å². The van der Waals surface area contributed by atoms with Gasteiger partial charge in [0, 0.05) is 11.4 Å². The number of aliphatic imine (C=N–C) groups is 1. The minimum atomic E-state index is 0.358. The fourth-order valence-corrected chi connectivity index (χ4v) is 2.51. The zero-order valence-electron chi connectivity index (χ0n) is 14.5. The van der Waals surface area contributed by atoms with Crippen molar-refractivity contribution in [3.8, 4) is 11.6 Å². The van der Waals surface area contributed by atoms with Crippen LogP contribution in [0.2, 0.25) is 0 Å². The van der Waals surface area contributed by atoms with E-state index >= 15 is 0 Å².